The van der Waals surface area contributed by atoms with Gasteiger partial charge in [-0.2, -0.15) is 0 Å². The molecule has 0 aromatic carbocycles. The Balaban J connectivity index is 0. The highest BCUT2D eigenvalue weighted by Gasteiger charge is 1.69. The molecule has 0 fully saturated rings. The molecule has 0 unspecified atom stereocenters. The lowest BCUT2D eigenvalue weighted by Crippen LogP contribution is -1.85. The van der Waals surface area contributed by atoms with Crippen molar-refractivity contribution < 1.29 is 5.11 Å². The highest BCUT2D eigenvalue weighted by Crippen LogP contribution is 1.65. The van der Waals surface area contributed by atoms with Crippen molar-refractivity contribution >= 4 is 23.1 Å². The van der Waals surface area contributed by atoms with E-state index in [2.05, 4.69) is 0 Å². The lowest BCUT2D eigenvalue weighted by Gasteiger charge is -1.80. The first-order valence-electron chi connectivity index (χ1n) is 1.41. The molecule has 0 aliphatic carbocycles. The Hall–Kier alpha value is 0.726. The lowest BCUT2D eigenvalue weighted by molar-refractivity contribution is 0.216. The molecule has 0 saturated carbocycles. The molecule has 0 spiro atoms. The fourth-order valence-corrected chi connectivity index (χ4v) is 0. The number of hydrogen-bond acceptors (Lipinski definition) is 1. The topological polar surface area (TPSA) is 20.2 Å². The van der Waals surface area contributed by atoms with Gasteiger partial charge in [-0.3, -0.25) is 0 Å². The van der Waals surface area contributed by atoms with Crippen LogP contribution in [0.1, 0.15) is 13.8 Å². The minimum absolute atomic E-state index is 0. The first-order chi connectivity index (χ1) is 1.73. The Labute approximate surface area is 48.5 Å². The van der Waals surface area contributed by atoms with Crippen LogP contribution in [-0.2, 0) is 0 Å². The molecule has 2 heteroatoms. The largest absolute Gasteiger partial charge is 0.394 e. The molecule has 30 valence electrons. The normalized spacial score (nSPS) is 7.20. The summed E-state index contributed by atoms with van der Waals surface area (Å²) in [6.45, 7) is 3.44. The van der Waals surface area contributed by atoms with Gasteiger partial charge in [-0.15, -0.1) is 0 Å². The molecule has 0 radical (unpaired) electrons. The van der Waals surface area contributed by atoms with Crippen LogP contribution in [-0.4, -0.2) is 34.3 Å². The molecule has 0 aromatic rings. The van der Waals surface area contributed by atoms with E-state index in [0.717, 1.165) is 0 Å². The molecular formula is C3H10MgO. The number of aliphatic hydroxyl groups excluding tert-OH is 1. The molecule has 0 aliphatic heterocycles. The zero-order valence-electron chi connectivity index (χ0n) is 3.02. The van der Waals surface area contributed by atoms with Crippen molar-refractivity contribution in [1.82, 2.24) is 0 Å². The van der Waals surface area contributed by atoms with Crippen molar-refractivity contribution in [2.24, 2.45) is 0 Å². The second-order valence-corrected chi connectivity index (χ2v) is 1.09. The Bertz CT molecular complexity index is 11.6. The van der Waals surface area contributed by atoms with Gasteiger partial charge in [0, 0.05) is 6.10 Å². The lowest BCUT2D eigenvalue weighted by atomic mass is 10.5. The Morgan fingerprint density at radius 2 is 1.40 bits per heavy atom. The van der Waals surface area contributed by atoms with Crippen molar-refractivity contribution in [3.63, 3.8) is 0 Å². The quantitative estimate of drug-likeness (QED) is 0.393. The number of aliphatic hydroxyl groups is 1. The number of hydrogen-bond donors (Lipinski definition) is 1. The van der Waals surface area contributed by atoms with Gasteiger partial charge in [-0.05, 0) is 13.8 Å². The molecule has 5 heavy (non-hydrogen) atoms. The van der Waals surface area contributed by atoms with Crippen LogP contribution >= 0.6 is 0 Å². The van der Waals surface area contributed by atoms with E-state index in [0.29, 0.717) is 0 Å². The van der Waals surface area contributed by atoms with Crippen LogP contribution in [0.3, 0.4) is 0 Å². The molecule has 0 saturated heterocycles. The van der Waals surface area contributed by atoms with Gasteiger partial charge in [0.05, 0.1) is 0 Å². The Morgan fingerprint density at radius 3 is 1.40 bits per heavy atom. The van der Waals surface area contributed by atoms with Gasteiger partial charge in [-0.1, -0.05) is 0 Å². The third-order valence-corrected chi connectivity index (χ3v) is 0. The van der Waals surface area contributed by atoms with E-state index < -0.39 is 0 Å². The van der Waals surface area contributed by atoms with Crippen molar-refractivity contribution in [2.75, 3.05) is 0 Å². The zero-order chi connectivity index (χ0) is 3.58. The molecule has 0 amide bonds. The highest BCUT2D eigenvalue weighted by atomic mass is 24.3. The third-order valence-electron chi connectivity index (χ3n) is 0. The van der Waals surface area contributed by atoms with E-state index in [1.165, 1.54) is 0 Å². The van der Waals surface area contributed by atoms with Crippen LogP contribution in [0.2, 0.25) is 0 Å². The maximum atomic E-state index is 8.06. The molecule has 0 bridgehead atoms. The van der Waals surface area contributed by atoms with E-state index in [-0.39, 0.29) is 29.2 Å². The van der Waals surface area contributed by atoms with Crippen LogP contribution in [0.15, 0.2) is 0 Å². The molecule has 0 aliphatic rings. The monoisotopic (exact) mass is 86.1 g/mol. The molecule has 0 aromatic heterocycles. The summed E-state index contributed by atoms with van der Waals surface area (Å²) in [5, 5.41) is 8.06. The predicted octanol–water partition coefficient (Wildman–Crippen LogP) is -0.529. The van der Waals surface area contributed by atoms with Crippen molar-refractivity contribution in [3.8, 4) is 0 Å². The molecule has 1 N–H and O–H groups in total. The summed E-state index contributed by atoms with van der Waals surface area (Å²) in [6, 6.07) is 0. The maximum Gasteiger partial charge on any atom is 0.316 e. The molecular weight excluding hydrogens is 76.3 g/mol. The molecule has 1 nitrogen and oxygen atoms in total. The summed E-state index contributed by atoms with van der Waals surface area (Å²) >= 11 is 0. The summed E-state index contributed by atoms with van der Waals surface area (Å²) < 4.78 is 0. The third kappa shape index (κ3) is 66.6. The number of rotatable bonds is 0. The minimum Gasteiger partial charge on any atom is -0.394 e. The van der Waals surface area contributed by atoms with Gasteiger partial charge in [0.1, 0.15) is 0 Å². The van der Waals surface area contributed by atoms with Crippen LogP contribution in [0.5, 0.6) is 0 Å². The fraction of sp³-hybridized carbons (Fsp3) is 1.00. The van der Waals surface area contributed by atoms with Crippen molar-refractivity contribution in [2.45, 2.75) is 20.0 Å². The van der Waals surface area contributed by atoms with Gasteiger partial charge in [0.25, 0.3) is 0 Å². The van der Waals surface area contributed by atoms with Crippen molar-refractivity contribution in [1.29, 1.82) is 0 Å². The van der Waals surface area contributed by atoms with Gasteiger partial charge >= 0.3 is 23.1 Å². The first kappa shape index (κ1) is 9.21. The zero-order valence-corrected chi connectivity index (χ0v) is 3.02. The van der Waals surface area contributed by atoms with E-state index >= 15 is 0 Å². The van der Waals surface area contributed by atoms with Gasteiger partial charge < -0.3 is 5.11 Å². The first-order valence-corrected chi connectivity index (χ1v) is 1.41. The van der Waals surface area contributed by atoms with Gasteiger partial charge in [0.2, 0.25) is 0 Å². The van der Waals surface area contributed by atoms with E-state index in [1.54, 1.807) is 13.8 Å². The van der Waals surface area contributed by atoms with E-state index in [9.17, 15) is 0 Å². The molecule has 0 atom stereocenters. The average molecular weight is 86.4 g/mol. The van der Waals surface area contributed by atoms with Gasteiger partial charge in [0.15, 0.2) is 0 Å². The fourth-order valence-electron chi connectivity index (χ4n) is 0. The van der Waals surface area contributed by atoms with Crippen molar-refractivity contribution in [3.05, 3.63) is 0 Å². The SMILES string of the molecule is CC(C)O.[MgH2]. The smallest absolute Gasteiger partial charge is 0.316 e. The average Bonchev–Trinajstić information content (AvgIpc) is 0.811. The van der Waals surface area contributed by atoms with Crippen LogP contribution in [0, 0.1) is 0 Å². The standard InChI is InChI=1S/C3H8O.Mg.2H/c1-3(2)4;;;/h3-4H,1-2H3;;;. The minimum atomic E-state index is -0.167. The second-order valence-electron chi connectivity index (χ2n) is 1.09. The van der Waals surface area contributed by atoms with E-state index in [4.69, 9.17) is 5.11 Å². The summed E-state index contributed by atoms with van der Waals surface area (Å²) in [6.07, 6.45) is -0.167. The summed E-state index contributed by atoms with van der Waals surface area (Å²) in [5.74, 6) is 0. The molecule has 0 heterocycles. The summed E-state index contributed by atoms with van der Waals surface area (Å²) in [7, 11) is 0. The van der Waals surface area contributed by atoms with Crippen LogP contribution in [0.4, 0.5) is 0 Å². The second kappa shape index (κ2) is 4.73. The Kier molecular flexibility index (Phi) is 8.71. The van der Waals surface area contributed by atoms with E-state index in [1.807, 2.05) is 0 Å². The Morgan fingerprint density at radius 1 is 1.40 bits per heavy atom. The summed E-state index contributed by atoms with van der Waals surface area (Å²) in [4.78, 5) is 0. The van der Waals surface area contributed by atoms with Crippen LogP contribution in [0.25, 0.3) is 0 Å². The predicted molar refractivity (Wildman–Crippen MR) is 25.9 cm³/mol. The highest BCUT2D eigenvalue weighted by molar-refractivity contribution is 5.75. The van der Waals surface area contributed by atoms with Gasteiger partial charge in [-0.25, -0.2) is 0 Å². The molecule has 0 rings (SSSR count). The maximum absolute atomic E-state index is 8.06. The van der Waals surface area contributed by atoms with Crippen LogP contribution < -0.4 is 0 Å². The summed E-state index contributed by atoms with van der Waals surface area (Å²) in [5.41, 5.74) is 0.